The lowest BCUT2D eigenvalue weighted by Crippen LogP contribution is -2.31. The summed E-state index contributed by atoms with van der Waals surface area (Å²) in [5.41, 5.74) is 2.66. The zero-order chi connectivity index (χ0) is 24.2. The number of ketones is 2. The predicted octanol–water partition coefficient (Wildman–Crippen LogP) is 3.39. The number of aromatic nitrogens is 2. The highest BCUT2D eigenvalue weighted by Gasteiger charge is 2.52. The standard InChI is InChI=1S/C27H27N3O4/c1-17(2)16-34-22-9-8-20(12-18(22)3)25(31)23-24(21-7-5-11-29-14-21)30(27(33)26(23)32)15-19-6-4-10-28-13-19/h4-14,17,23-24H,15-16H2,1-3H3/p+1. The minimum atomic E-state index is -1.14. The number of likely N-dealkylation sites (tertiary alicyclic amines) is 1. The highest BCUT2D eigenvalue weighted by molar-refractivity contribution is 6.44. The van der Waals surface area contributed by atoms with Gasteiger partial charge in [0.15, 0.2) is 18.2 Å². The molecular formula is C27H28N3O4+. The van der Waals surface area contributed by atoms with Gasteiger partial charge >= 0.3 is 0 Å². The summed E-state index contributed by atoms with van der Waals surface area (Å²) in [5, 5.41) is 0. The quantitative estimate of drug-likeness (QED) is 0.293. The Labute approximate surface area is 198 Å². The number of benzene rings is 1. The molecule has 3 aromatic rings. The van der Waals surface area contributed by atoms with Crippen LogP contribution in [0.3, 0.4) is 0 Å². The van der Waals surface area contributed by atoms with E-state index in [4.69, 9.17) is 4.74 Å². The first kappa shape index (κ1) is 23.3. The molecule has 34 heavy (non-hydrogen) atoms. The van der Waals surface area contributed by atoms with Crippen LogP contribution in [0.4, 0.5) is 0 Å². The zero-order valence-corrected chi connectivity index (χ0v) is 19.5. The van der Waals surface area contributed by atoms with E-state index in [1.54, 1.807) is 55.1 Å². The molecule has 174 valence electrons. The van der Waals surface area contributed by atoms with Crippen molar-refractivity contribution in [3.63, 3.8) is 0 Å². The van der Waals surface area contributed by atoms with Crippen molar-refractivity contribution in [2.24, 2.45) is 11.8 Å². The van der Waals surface area contributed by atoms with Crippen LogP contribution < -0.4 is 9.72 Å². The van der Waals surface area contributed by atoms with Crippen LogP contribution in [0, 0.1) is 18.8 Å². The molecular weight excluding hydrogens is 430 g/mol. The molecule has 2 atom stereocenters. The van der Waals surface area contributed by atoms with Crippen LogP contribution in [0.5, 0.6) is 5.75 Å². The van der Waals surface area contributed by atoms with E-state index in [0.29, 0.717) is 29.4 Å². The Morgan fingerprint density at radius 1 is 1.18 bits per heavy atom. The molecule has 4 rings (SSSR count). The Balaban J connectivity index is 1.69. The summed E-state index contributed by atoms with van der Waals surface area (Å²) in [5.74, 6) is -1.80. The summed E-state index contributed by atoms with van der Waals surface area (Å²) in [4.78, 5) is 48.5. The van der Waals surface area contributed by atoms with E-state index in [0.717, 1.165) is 11.1 Å². The lowest BCUT2D eigenvalue weighted by molar-refractivity contribution is -0.379. The maximum atomic E-state index is 13.7. The number of carbonyl (C=O) groups is 3. The number of Topliss-reactive ketones (excluding diaryl/α,β-unsaturated/α-hetero) is 2. The van der Waals surface area contributed by atoms with Crippen molar-refractivity contribution in [1.29, 1.82) is 0 Å². The van der Waals surface area contributed by atoms with Gasteiger partial charge in [0.05, 0.1) is 12.6 Å². The molecule has 1 fully saturated rings. The molecule has 0 spiro atoms. The average molecular weight is 459 g/mol. The topological polar surface area (TPSA) is 90.7 Å². The van der Waals surface area contributed by atoms with E-state index in [1.807, 2.05) is 19.1 Å². The first-order valence-corrected chi connectivity index (χ1v) is 11.3. The van der Waals surface area contributed by atoms with E-state index in [-0.39, 0.29) is 12.3 Å². The Bertz CT molecular complexity index is 1200. The number of pyridine rings is 2. The molecule has 2 aromatic heterocycles. The number of aromatic amines is 1. The molecule has 1 saturated heterocycles. The highest BCUT2D eigenvalue weighted by atomic mass is 16.5. The molecule has 0 saturated carbocycles. The number of hydrogen-bond acceptors (Lipinski definition) is 5. The maximum Gasteiger partial charge on any atom is 0.291 e. The van der Waals surface area contributed by atoms with Crippen molar-refractivity contribution in [3.8, 4) is 5.75 Å². The second kappa shape index (κ2) is 9.95. The Morgan fingerprint density at radius 2 is 2.00 bits per heavy atom. The number of ether oxygens (including phenoxy) is 1. The molecule has 1 aromatic carbocycles. The number of amides is 1. The predicted molar refractivity (Wildman–Crippen MR) is 125 cm³/mol. The lowest BCUT2D eigenvalue weighted by atomic mass is 9.86. The molecule has 7 heteroatoms. The first-order valence-electron chi connectivity index (χ1n) is 11.3. The van der Waals surface area contributed by atoms with Crippen molar-refractivity contribution in [2.75, 3.05) is 6.61 Å². The van der Waals surface area contributed by atoms with Crippen LogP contribution in [0.15, 0.2) is 67.3 Å². The first-order chi connectivity index (χ1) is 16.4. The molecule has 1 N–H and O–H groups in total. The molecule has 3 heterocycles. The third-order valence-electron chi connectivity index (χ3n) is 5.87. The monoisotopic (exact) mass is 458 g/mol. The molecule has 0 aliphatic carbocycles. The van der Waals surface area contributed by atoms with Crippen LogP contribution in [0.2, 0.25) is 0 Å². The van der Waals surface area contributed by atoms with E-state index < -0.39 is 23.7 Å². The van der Waals surface area contributed by atoms with Gasteiger partial charge in [0, 0.05) is 36.1 Å². The third-order valence-corrected chi connectivity index (χ3v) is 5.87. The highest BCUT2D eigenvalue weighted by Crippen LogP contribution is 2.39. The van der Waals surface area contributed by atoms with E-state index in [9.17, 15) is 14.4 Å². The summed E-state index contributed by atoms with van der Waals surface area (Å²) < 4.78 is 5.82. The van der Waals surface area contributed by atoms with Gasteiger partial charge in [-0.25, -0.2) is 4.98 Å². The van der Waals surface area contributed by atoms with E-state index in [1.165, 1.54) is 4.90 Å². The van der Waals surface area contributed by atoms with Crippen LogP contribution >= 0.6 is 0 Å². The van der Waals surface area contributed by atoms with Gasteiger partial charge in [-0.2, -0.15) is 0 Å². The SMILES string of the molecule is Cc1cc(C(=O)C2C(=O)C(=O)N(Cc3cccnc3)C2c2ccc[nH+]c2)ccc1OCC(C)C. The number of H-pyrrole nitrogens is 1. The molecule has 1 amide bonds. The Morgan fingerprint density at radius 3 is 2.65 bits per heavy atom. The summed E-state index contributed by atoms with van der Waals surface area (Å²) in [7, 11) is 0. The molecule has 0 bridgehead atoms. The second-order valence-corrected chi connectivity index (χ2v) is 8.97. The summed E-state index contributed by atoms with van der Waals surface area (Å²) in [6, 6.07) is 11.7. The van der Waals surface area contributed by atoms with Crippen molar-refractivity contribution in [1.82, 2.24) is 9.88 Å². The van der Waals surface area contributed by atoms with Crippen LogP contribution in [-0.2, 0) is 16.1 Å². The fourth-order valence-corrected chi connectivity index (χ4v) is 4.21. The van der Waals surface area contributed by atoms with E-state index in [2.05, 4.69) is 23.8 Å². The van der Waals surface area contributed by atoms with Gasteiger partial charge in [-0.1, -0.05) is 19.9 Å². The number of carbonyl (C=O) groups excluding carboxylic acids is 3. The summed E-state index contributed by atoms with van der Waals surface area (Å²) in [6.45, 7) is 6.75. The number of rotatable bonds is 8. The number of nitrogens with zero attached hydrogens (tertiary/aromatic N) is 2. The lowest BCUT2D eigenvalue weighted by Gasteiger charge is -2.26. The van der Waals surface area contributed by atoms with Crippen molar-refractivity contribution < 1.29 is 24.1 Å². The van der Waals surface area contributed by atoms with Gasteiger partial charge in [0.25, 0.3) is 5.91 Å². The third kappa shape index (κ3) is 4.73. The fourth-order valence-electron chi connectivity index (χ4n) is 4.21. The average Bonchev–Trinajstić information content (AvgIpc) is 3.09. The van der Waals surface area contributed by atoms with Crippen LogP contribution in [0.1, 0.15) is 46.9 Å². The number of hydrogen-bond donors (Lipinski definition) is 0. The number of aryl methyl sites for hydroxylation is 1. The van der Waals surface area contributed by atoms with Gasteiger partial charge in [-0.3, -0.25) is 19.4 Å². The normalized spacial score (nSPS) is 17.9. The molecule has 1 aliphatic heterocycles. The minimum Gasteiger partial charge on any atom is -0.493 e. The second-order valence-electron chi connectivity index (χ2n) is 8.97. The van der Waals surface area contributed by atoms with Crippen LogP contribution in [0.25, 0.3) is 0 Å². The number of nitrogens with one attached hydrogen (secondary N) is 1. The van der Waals surface area contributed by atoms with Gasteiger partial charge in [-0.15, -0.1) is 0 Å². The molecule has 2 unspecified atom stereocenters. The van der Waals surface area contributed by atoms with Crippen LogP contribution in [-0.4, -0.2) is 34.0 Å². The zero-order valence-electron chi connectivity index (χ0n) is 19.5. The van der Waals surface area contributed by atoms with Crippen molar-refractivity contribution >= 4 is 17.5 Å². The van der Waals surface area contributed by atoms with Gasteiger partial charge in [0.1, 0.15) is 11.7 Å². The summed E-state index contributed by atoms with van der Waals surface area (Å²) in [6.07, 6.45) is 6.76. The van der Waals surface area contributed by atoms with Crippen molar-refractivity contribution in [3.05, 3.63) is 89.5 Å². The molecule has 0 radical (unpaired) electrons. The molecule has 1 aliphatic rings. The van der Waals surface area contributed by atoms with Gasteiger partial charge in [-0.05, 0) is 54.3 Å². The summed E-state index contributed by atoms with van der Waals surface area (Å²) >= 11 is 0. The maximum absolute atomic E-state index is 13.7. The Hall–Kier alpha value is -3.87. The Kier molecular flexibility index (Phi) is 6.82. The minimum absolute atomic E-state index is 0.183. The largest absolute Gasteiger partial charge is 0.493 e. The molecule has 7 nitrogen and oxygen atoms in total. The fraction of sp³-hybridized carbons (Fsp3) is 0.296. The van der Waals surface area contributed by atoms with Crippen molar-refractivity contribution in [2.45, 2.75) is 33.4 Å². The van der Waals surface area contributed by atoms with Gasteiger partial charge < -0.3 is 9.64 Å². The van der Waals surface area contributed by atoms with Gasteiger partial charge in [0.2, 0.25) is 5.78 Å². The van der Waals surface area contributed by atoms with E-state index >= 15 is 0 Å². The smallest absolute Gasteiger partial charge is 0.291 e.